The van der Waals surface area contributed by atoms with Crippen LogP contribution in [0.25, 0.3) is 0 Å². The fourth-order valence-corrected chi connectivity index (χ4v) is 2.92. The monoisotopic (exact) mass is 264 g/mol. The Morgan fingerprint density at radius 1 is 1.37 bits per heavy atom. The molecule has 1 aromatic rings. The zero-order valence-electron chi connectivity index (χ0n) is 12.0. The number of piperidine rings is 1. The Hall–Kier alpha value is -0.930. The molecule has 0 amide bonds. The van der Waals surface area contributed by atoms with Gasteiger partial charge in [0.2, 0.25) is 0 Å². The van der Waals surface area contributed by atoms with E-state index in [1.54, 1.807) is 6.07 Å². The minimum atomic E-state index is -0.0850. The number of hydrogen-bond acceptors (Lipinski definition) is 2. The number of hydrogen-bond donors (Lipinski definition) is 1. The molecular formula is C16H25FN2. The first kappa shape index (κ1) is 14.5. The Kier molecular flexibility index (Phi) is 5.34. The van der Waals surface area contributed by atoms with Crippen molar-refractivity contribution in [1.82, 2.24) is 10.2 Å². The Balaban J connectivity index is 1.76. The van der Waals surface area contributed by atoms with Crippen LogP contribution in [-0.2, 0) is 6.42 Å². The molecule has 2 rings (SSSR count). The van der Waals surface area contributed by atoms with Crippen LogP contribution in [0.15, 0.2) is 24.3 Å². The third-order valence-corrected chi connectivity index (χ3v) is 4.20. The first-order valence-corrected chi connectivity index (χ1v) is 7.40. The van der Waals surface area contributed by atoms with Crippen LogP contribution in [0.3, 0.4) is 0 Å². The summed E-state index contributed by atoms with van der Waals surface area (Å²) in [4.78, 5) is 2.50. The summed E-state index contributed by atoms with van der Waals surface area (Å²) in [5, 5.41) is 3.60. The normalized spacial score (nSPS) is 24.6. The smallest absolute Gasteiger partial charge is 0.126 e. The van der Waals surface area contributed by atoms with Crippen molar-refractivity contribution in [2.24, 2.45) is 5.92 Å². The van der Waals surface area contributed by atoms with Gasteiger partial charge < -0.3 is 10.2 Å². The first-order chi connectivity index (χ1) is 9.20. The van der Waals surface area contributed by atoms with E-state index in [1.165, 1.54) is 25.6 Å². The van der Waals surface area contributed by atoms with Gasteiger partial charge in [0.15, 0.2) is 0 Å². The molecular weight excluding hydrogens is 239 g/mol. The number of likely N-dealkylation sites (tertiary alicyclic amines) is 1. The molecule has 0 unspecified atom stereocenters. The van der Waals surface area contributed by atoms with E-state index in [-0.39, 0.29) is 5.82 Å². The second kappa shape index (κ2) is 7.01. The maximum atomic E-state index is 13.5. The lowest BCUT2D eigenvalue weighted by atomic mass is 9.93. The number of halogens is 1. The van der Waals surface area contributed by atoms with Crippen molar-refractivity contribution in [2.45, 2.75) is 32.7 Å². The summed E-state index contributed by atoms with van der Waals surface area (Å²) in [5.41, 5.74) is 0.814. The molecule has 0 saturated carbocycles. The molecule has 1 aliphatic heterocycles. The van der Waals surface area contributed by atoms with Gasteiger partial charge in [-0.3, -0.25) is 0 Å². The van der Waals surface area contributed by atoms with Crippen molar-refractivity contribution in [1.29, 1.82) is 0 Å². The average Bonchev–Trinajstić information content (AvgIpc) is 2.42. The molecule has 2 atom stereocenters. The summed E-state index contributed by atoms with van der Waals surface area (Å²) in [6.45, 7) is 8.89. The molecule has 2 nitrogen and oxygen atoms in total. The van der Waals surface area contributed by atoms with E-state index >= 15 is 0 Å². The fraction of sp³-hybridized carbons (Fsp3) is 0.625. The van der Waals surface area contributed by atoms with Crippen LogP contribution in [-0.4, -0.2) is 37.1 Å². The summed E-state index contributed by atoms with van der Waals surface area (Å²) < 4.78 is 13.5. The molecule has 19 heavy (non-hydrogen) atoms. The van der Waals surface area contributed by atoms with E-state index in [9.17, 15) is 4.39 Å². The van der Waals surface area contributed by atoms with Gasteiger partial charge in [0.25, 0.3) is 0 Å². The first-order valence-electron chi connectivity index (χ1n) is 7.40. The summed E-state index contributed by atoms with van der Waals surface area (Å²) in [6, 6.07) is 7.64. The van der Waals surface area contributed by atoms with Crippen molar-refractivity contribution in [3.63, 3.8) is 0 Å². The van der Waals surface area contributed by atoms with Gasteiger partial charge in [0.05, 0.1) is 0 Å². The number of nitrogens with one attached hydrogen (secondary N) is 1. The highest BCUT2D eigenvalue weighted by Gasteiger charge is 2.24. The molecule has 0 aliphatic carbocycles. The van der Waals surface area contributed by atoms with Gasteiger partial charge in [-0.05, 0) is 50.0 Å². The lowest BCUT2D eigenvalue weighted by Crippen LogP contribution is -2.48. The van der Waals surface area contributed by atoms with Crippen LogP contribution >= 0.6 is 0 Å². The number of benzene rings is 1. The standard InChI is InChI=1S/C16H25FN2/c1-3-19-11-9-16(13(2)12-19)18-10-8-14-6-4-5-7-15(14)17/h4-7,13,16,18H,3,8-12H2,1-2H3/t13-,16-/m0/s1. The Morgan fingerprint density at radius 3 is 2.84 bits per heavy atom. The van der Waals surface area contributed by atoms with Crippen molar-refractivity contribution in [3.05, 3.63) is 35.6 Å². The average molecular weight is 264 g/mol. The molecule has 0 aromatic heterocycles. The Morgan fingerprint density at radius 2 is 2.16 bits per heavy atom. The van der Waals surface area contributed by atoms with E-state index in [0.717, 1.165) is 25.1 Å². The minimum absolute atomic E-state index is 0.0850. The number of rotatable bonds is 5. The molecule has 0 bridgehead atoms. The largest absolute Gasteiger partial charge is 0.313 e. The second-order valence-corrected chi connectivity index (χ2v) is 5.56. The van der Waals surface area contributed by atoms with Gasteiger partial charge in [-0.1, -0.05) is 32.0 Å². The van der Waals surface area contributed by atoms with Crippen molar-refractivity contribution in [2.75, 3.05) is 26.2 Å². The highest BCUT2D eigenvalue weighted by atomic mass is 19.1. The zero-order valence-corrected chi connectivity index (χ0v) is 12.0. The second-order valence-electron chi connectivity index (χ2n) is 5.56. The molecule has 1 heterocycles. The Labute approximate surface area is 116 Å². The van der Waals surface area contributed by atoms with Gasteiger partial charge in [0.1, 0.15) is 5.82 Å². The van der Waals surface area contributed by atoms with E-state index in [2.05, 4.69) is 24.1 Å². The summed E-state index contributed by atoms with van der Waals surface area (Å²) in [7, 11) is 0. The molecule has 0 spiro atoms. The van der Waals surface area contributed by atoms with Crippen LogP contribution in [0.5, 0.6) is 0 Å². The molecule has 1 fully saturated rings. The maximum absolute atomic E-state index is 13.5. The van der Waals surface area contributed by atoms with E-state index in [1.807, 2.05) is 12.1 Å². The molecule has 106 valence electrons. The SMILES string of the molecule is CCN1CC[C@H](NCCc2ccccc2F)[C@@H](C)C1. The lowest BCUT2D eigenvalue weighted by molar-refractivity contribution is 0.154. The van der Waals surface area contributed by atoms with Gasteiger partial charge in [-0.2, -0.15) is 0 Å². The van der Waals surface area contributed by atoms with E-state index in [0.29, 0.717) is 12.0 Å². The number of nitrogens with zero attached hydrogens (tertiary/aromatic N) is 1. The van der Waals surface area contributed by atoms with Crippen molar-refractivity contribution in [3.8, 4) is 0 Å². The maximum Gasteiger partial charge on any atom is 0.126 e. The van der Waals surface area contributed by atoms with E-state index in [4.69, 9.17) is 0 Å². The highest BCUT2D eigenvalue weighted by Crippen LogP contribution is 2.16. The predicted octanol–water partition coefficient (Wildman–Crippen LogP) is 2.69. The van der Waals surface area contributed by atoms with Crippen LogP contribution in [0.1, 0.15) is 25.8 Å². The molecule has 1 saturated heterocycles. The lowest BCUT2D eigenvalue weighted by Gasteiger charge is -2.37. The predicted molar refractivity (Wildman–Crippen MR) is 77.8 cm³/mol. The minimum Gasteiger partial charge on any atom is -0.313 e. The molecule has 3 heteroatoms. The quantitative estimate of drug-likeness (QED) is 0.879. The summed E-state index contributed by atoms with van der Waals surface area (Å²) >= 11 is 0. The third kappa shape index (κ3) is 4.02. The molecule has 1 N–H and O–H groups in total. The van der Waals surface area contributed by atoms with Crippen LogP contribution < -0.4 is 5.32 Å². The van der Waals surface area contributed by atoms with Gasteiger partial charge >= 0.3 is 0 Å². The summed E-state index contributed by atoms with van der Waals surface area (Å²) in [5.74, 6) is 0.590. The molecule has 1 aromatic carbocycles. The van der Waals surface area contributed by atoms with Crippen LogP contribution in [0.4, 0.5) is 4.39 Å². The zero-order chi connectivity index (χ0) is 13.7. The molecule has 1 aliphatic rings. The Bertz CT molecular complexity index is 394. The topological polar surface area (TPSA) is 15.3 Å². The van der Waals surface area contributed by atoms with Crippen LogP contribution in [0, 0.1) is 11.7 Å². The van der Waals surface area contributed by atoms with Gasteiger partial charge in [-0.15, -0.1) is 0 Å². The van der Waals surface area contributed by atoms with Crippen molar-refractivity contribution >= 4 is 0 Å². The van der Waals surface area contributed by atoms with Gasteiger partial charge in [0, 0.05) is 12.6 Å². The third-order valence-electron chi connectivity index (χ3n) is 4.20. The van der Waals surface area contributed by atoms with Crippen molar-refractivity contribution < 1.29 is 4.39 Å². The fourth-order valence-electron chi connectivity index (χ4n) is 2.92. The van der Waals surface area contributed by atoms with E-state index < -0.39 is 0 Å². The van der Waals surface area contributed by atoms with Gasteiger partial charge in [-0.25, -0.2) is 4.39 Å². The molecule has 0 radical (unpaired) electrons. The summed E-state index contributed by atoms with van der Waals surface area (Å²) in [6.07, 6.45) is 1.97. The van der Waals surface area contributed by atoms with Crippen LogP contribution in [0.2, 0.25) is 0 Å². The highest BCUT2D eigenvalue weighted by molar-refractivity contribution is 5.17.